The highest BCUT2D eigenvalue weighted by atomic mass is 79.9. The first-order valence-corrected chi connectivity index (χ1v) is 7.43. The molecular formula is C15H12BrCl2F. The van der Waals surface area contributed by atoms with Gasteiger partial charge in [-0.25, -0.2) is 4.39 Å². The molecule has 0 radical (unpaired) electrons. The molecule has 1 atom stereocenters. The molecule has 0 N–H and O–H groups in total. The predicted molar refractivity (Wildman–Crippen MR) is 82.6 cm³/mol. The summed E-state index contributed by atoms with van der Waals surface area (Å²) in [5, 5.41) is 0.0816. The van der Waals surface area contributed by atoms with E-state index in [4.69, 9.17) is 23.2 Å². The third kappa shape index (κ3) is 3.31. The maximum atomic E-state index is 13.8. The lowest BCUT2D eigenvalue weighted by Gasteiger charge is -2.14. The Labute approximate surface area is 130 Å². The fourth-order valence-electron chi connectivity index (χ4n) is 1.93. The van der Waals surface area contributed by atoms with Crippen LogP contribution in [0.2, 0.25) is 5.02 Å². The summed E-state index contributed by atoms with van der Waals surface area (Å²) in [6, 6.07) is 10.5. The van der Waals surface area contributed by atoms with E-state index in [1.807, 2.05) is 25.1 Å². The van der Waals surface area contributed by atoms with E-state index in [-0.39, 0.29) is 11.2 Å². The Morgan fingerprint density at radius 3 is 2.58 bits per heavy atom. The molecule has 2 aromatic carbocycles. The fourth-order valence-corrected chi connectivity index (χ4v) is 3.18. The molecule has 2 aromatic rings. The van der Waals surface area contributed by atoms with Crippen LogP contribution in [-0.2, 0) is 6.42 Å². The summed E-state index contributed by atoms with van der Waals surface area (Å²) < 4.78 is 14.7. The topological polar surface area (TPSA) is 0 Å². The summed E-state index contributed by atoms with van der Waals surface area (Å²) in [6.07, 6.45) is 0.356. The van der Waals surface area contributed by atoms with Crippen molar-refractivity contribution in [3.8, 4) is 0 Å². The van der Waals surface area contributed by atoms with E-state index in [0.29, 0.717) is 17.0 Å². The van der Waals surface area contributed by atoms with E-state index in [1.165, 1.54) is 6.07 Å². The second kappa shape index (κ2) is 6.25. The van der Waals surface area contributed by atoms with Crippen LogP contribution in [0.5, 0.6) is 0 Å². The van der Waals surface area contributed by atoms with Crippen LogP contribution in [0.4, 0.5) is 4.39 Å². The Morgan fingerprint density at radius 1 is 1.21 bits per heavy atom. The van der Waals surface area contributed by atoms with E-state index in [2.05, 4.69) is 15.9 Å². The molecule has 0 nitrogen and oxygen atoms in total. The monoisotopic (exact) mass is 360 g/mol. The highest BCUT2D eigenvalue weighted by Gasteiger charge is 2.17. The van der Waals surface area contributed by atoms with E-state index in [0.717, 1.165) is 15.6 Å². The van der Waals surface area contributed by atoms with Crippen molar-refractivity contribution in [1.82, 2.24) is 0 Å². The number of aryl methyl sites for hydroxylation is 1. The number of rotatable bonds is 3. The maximum absolute atomic E-state index is 13.8. The molecule has 0 saturated heterocycles. The van der Waals surface area contributed by atoms with Crippen LogP contribution >= 0.6 is 39.1 Å². The van der Waals surface area contributed by atoms with Crippen molar-refractivity contribution in [2.24, 2.45) is 0 Å². The lowest BCUT2D eigenvalue weighted by atomic mass is 10.0. The van der Waals surface area contributed by atoms with Gasteiger partial charge in [-0.1, -0.05) is 51.8 Å². The summed E-state index contributed by atoms with van der Waals surface area (Å²) in [4.78, 5) is 0. The van der Waals surface area contributed by atoms with Crippen LogP contribution in [0.15, 0.2) is 40.9 Å². The number of alkyl halides is 1. The molecule has 0 aliphatic rings. The van der Waals surface area contributed by atoms with Crippen LogP contribution < -0.4 is 0 Å². The number of halogens is 4. The standard InChI is InChI=1S/C15H12BrCl2F/c1-9-4-2-5-10(15(9)16)13(18)8-11-12(17)6-3-7-14(11)19/h2-7,13H,8H2,1H3. The lowest BCUT2D eigenvalue weighted by molar-refractivity contribution is 0.607. The van der Waals surface area contributed by atoms with Gasteiger partial charge in [0.15, 0.2) is 0 Å². The third-order valence-electron chi connectivity index (χ3n) is 3.00. The molecule has 100 valence electrons. The SMILES string of the molecule is Cc1cccc(C(Cl)Cc2c(F)cccc2Cl)c1Br. The van der Waals surface area contributed by atoms with Gasteiger partial charge in [0.2, 0.25) is 0 Å². The van der Waals surface area contributed by atoms with E-state index in [9.17, 15) is 4.39 Å². The van der Waals surface area contributed by atoms with Gasteiger partial charge in [0.25, 0.3) is 0 Å². The minimum atomic E-state index is -0.330. The van der Waals surface area contributed by atoms with Crippen molar-refractivity contribution in [3.05, 3.63) is 68.4 Å². The van der Waals surface area contributed by atoms with Crippen LogP contribution in [0.1, 0.15) is 22.1 Å². The highest BCUT2D eigenvalue weighted by Crippen LogP contribution is 2.34. The Kier molecular flexibility index (Phi) is 4.88. The zero-order valence-electron chi connectivity index (χ0n) is 10.3. The maximum Gasteiger partial charge on any atom is 0.127 e. The van der Waals surface area contributed by atoms with Gasteiger partial charge in [-0.15, -0.1) is 11.6 Å². The van der Waals surface area contributed by atoms with Crippen molar-refractivity contribution in [3.63, 3.8) is 0 Å². The molecule has 2 rings (SSSR count). The second-order valence-electron chi connectivity index (χ2n) is 4.35. The first-order chi connectivity index (χ1) is 9.00. The molecule has 19 heavy (non-hydrogen) atoms. The summed E-state index contributed by atoms with van der Waals surface area (Å²) in [6.45, 7) is 1.99. The van der Waals surface area contributed by atoms with Crippen molar-refractivity contribution in [2.45, 2.75) is 18.7 Å². The number of benzene rings is 2. The Bertz CT molecular complexity index is 578. The van der Waals surface area contributed by atoms with E-state index in [1.54, 1.807) is 12.1 Å². The summed E-state index contributed by atoms with van der Waals surface area (Å²) in [5.41, 5.74) is 2.50. The highest BCUT2D eigenvalue weighted by molar-refractivity contribution is 9.10. The van der Waals surface area contributed by atoms with Gasteiger partial charge < -0.3 is 0 Å². The number of hydrogen-bond acceptors (Lipinski definition) is 0. The van der Waals surface area contributed by atoms with Crippen LogP contribution in [-0.4, -0.2) is 0 Å². The van der Waals surface area contributed by atoms with Gasteiger partial charge in [0, 0.05) is 15.1 Å². The molecule has 0 spiro atoms. The smallest absolute Gasteiger partial charge is 0.127 e. The summed E-state index contributed by atoms with van der Waals surface area (Å²) in [7, 11) is 0. The second-order valence-corrected chi connectivity index (χ2v) is 6.08. The third-order valence-corrected chi connectivity index (χ3v) is 4.83. The normalized spacial score (nSPS) is 12.5. The van der Waals surface area contributed by atoms with Gasteiger partial charge in [-0.05, 0) is 36.6 Å². The van der Waals surface area contributed by atoms with Crippen LogP contribution in [0.3, 0.4) is 0 Å². The molecule has 0 aromatic heterocycles. The largest absolute Gasteiger partial charge is 0.207 e. The molecule has 0 saturated carbocycles. The Balaban J connectivity index is 2.31. The summed E-state index contributed by atoms with van der Waals surface area (Å²) in [5.74, 6) is -0.318. The van der Waals surface area contributed by atoms with E-state index < -0.39 is 0 Å². The minimum absolute atomic E-state index is 0.318. The molecule has 0 bridgehead atoms. The average molecular weight is 362 g/mol. The molecular weight excluding hydrogens is 350 g/mol. The molecule has 0 amide bonds. The van der Waals surface area contributed by atoms with Crippen molar-refractivity contribution >= 4 is 39.1 Å². The molecule has 4 heteroatoms. The van der Waals surface area contributed by atoms with Gasteiger partial charge in [-0.3, -0.25) is 0 Å². The number of hydrogen-bond donors (Lipinski definition) is 0. The van der Waals surface area contributed by atoms with Gasteiger partial charge in [0.1, 0.15) is 5.82 Å². The van der Waals surface area contributed by atoms with Gasteiger partial charge in [0.05, 0.1) is 5.38 Å². The summed E-state index contributed by atoms with van der Waals surface area (Å²) >= 11 is 15.9. The molecule has 0 fully saturated rings. The lowest BCUT2D eigenvalue weighted by Crippen LogP contribution is -2.01. The van der Waals surface area contributed by atoms with E-state index >= 15 is 0 Å². The zero-order chi connectivity index (χ0) is 14.0. The molecule has 1 unspecified atom stereocenters. The first-order valence-electron chi connectivity index (χ1n) is 5.82. The molecule has 0 aliphatic heterocycles. The van der Waals surface area contributed by atoms with Gasteiger partial charge in [-0.2, -0.15) is 0 Å². The quantitative estimate of drug-likeness (QED) is 0.581. The van der Waals surface area contributed by atoms with Gasteiger partial charge >= 0.3 is 0 Å². The van der Waals surface area contributed by atoms with Crippen molar-refractivity contribution < 1.29 is 4.39 Å². The Hall–Kier alpha value is -0.570. The molecule has 0 aliphatic carbocycles. The van der Waals surface area contributed by atoms with Crippen molar-refractivity contribution in [1.29, 1.82) is 0 Å². The fraction of sp³-hybridized carbons (Fsp3) is 0.200. The van der Waals surface area contributed by atoms with Crippen LogP contribution in [0, 0.1) is 12.7 Å². The average Bonchev–Trinajstić information content (AvgIpc) is 2.37. The zero-order valence-corrected chi connectivity index (χ0v) is 13.4. The predicted octanol–water partition coefficient (Wildman–Crippen LogP) is 6.07. The van der Waals surface area contributed by atoms with Crippen molar-refractivity contribution in [2.75, 3.05) is 0 Å². The minimum Gasteiger partial charge on any atom is -0.207 e. The van der Waals surface area contributed by atoms with Crippen LogP contribution in [0.25, 0.3) is 0 Å². The Morgan fingerprint density at radius 2 is 1.89 bits per heavy atom. The first kappa shape index (κ1) is 14.8. The molecule has 0 heterocycles.